The number of halogens is 1. The molecular weight excluding hydrogens is 478 g/mol. The number of hydrogen-bond donors (Lipinski definition) is 5. The number of nitrogens with one attached hydrogen (secondary N) is 4. The molecular formula is C22H36ClN7O3S. The molecule has 5 N–H and O–H groups in total. The number of piperidine rings is 1. The molecule has 2 aliphatic rings. The molecule has 2 fully saturated rings. The van der Waals surface area contributed by atoms with E-state index >= 15 is 0 Å². The monoisotopic (exact) mass is 513 g/mol. The summed E-state index contributed by atoms with van der Waals surface area (Å²) in [6.07, 6.45) is 11.4. The molecule has 0 atom stereocenters. The molecule has 1 aliphatic heterocycles. The van der Waals surface area contributed by atoms with Crippen molar-refractivity contribution in [1.82, 2.24) is 19.6 Å². The average molecular weight is 514 g/mol. The number of aromatic nitrogens is 2. The van der Waals surface area contributed by atoms with E-state index in [1.807, 2.05) is 0 Å². The molecule has 12 heteroatoms. The fourth-order valence-electron chi connectivity index (χ4n) is 4.54. The van der Waals surface area contributed by atoms with Gasteiger partial charge in [0.2, 0.25) is 16.0 Å². The normalized spacial score (nSPS) is 20.2. The predicted molar refractivity (Wildman–Crippen MR) is 136 cm³/mol. The molecule has 1 aliphatic carbocycles. The maximum Gasteiger partial charge on any atom is 0.229 e. The first-order chi connectivity index (χ1) is 15.9. The number of anilines is 2. The Balaban J connectivity index is 1.56. The largest absolute Gasteiger partial charge is 0.389 e. The smallest absolute Gasteiger partial charge is 0.229 e. The summed E-state index contributed by atoms with van der Waals surface area (Å²) >= 11 is 6.34. The second-order valence-electron chi connectivity index (χ2n) is 10.0. The van der Waals surface area contributed by atoms with Crippen molar-refractivity contribution in [3.63, 3.8) is 0 Å². The van der Waals surface area contributed by atoms with E-state index in [2.05, 4.69) is 25.9 Å². The quantitative estimate of drug-likeness (QED) is 0.317. The first kappa shape index (κ1) is 26.7. The zero-order chi connectivity index (χ0) is 25.0. The summed E-state index contributed by atoms with van der Waals surface area (Å²) in [4.78, 5) is 8.69. The average Bonchev–Trinajstić information content (AvgIpc) is 2.76. The fourth-order valence-corrected chi connectivity index (χ4v) is 5.53. The zero-order valence-corrected chi connectivity index (χ0v) is 21.6. The molecule has 1 saturated carbocycles. The van der Waals surface area contributed by atoms with Gasteiger partial charge in [0.1, 0.15) is 5.02 Å². The van der Waals surface area contributed by atoms with Crippen molar-refractivity contribution in [1.29, 1.82) is 5.41 Å². The van der Waals surface area contributed by atoms with Crippen LogP contribution in [0.1, 0.15) is 52.4 Å². The number of sulfonamides is 1. The molecule has 1 spiro atoms. The maximum absolute atomic E-state index is 11.8. The van der Waals surface area contributed by atoms with Gasteiger partial charge < -0.3 is 26.5 Å². The number of aliphatic hydroxyl groups is 1. The standard InChI is InChI=1S/C22H36ClN7O3S/c1-21(2,31)15-25-13-17(12-24)28-20-26-14-18(23)19(29-20)27-16-4-6-22(7-5-16)8-10-30(11-9-22)34(3,32)33/h12-14,16,24-25,31H,4-11,15H2,1-3H3,(H2,26,27,28,29)/b17-13+,24-12?. The minimum atomic E-state index is -3.11. The molecule has 1 saturated heterocycles. The molecule has 0 unspecified atom stereocenters. The third-order valence-electron chi connectivity index (χ3n) is 6.59. The molecule has 0 radical (unpaired) electrons. The highest BCUT2D eigenvalue weighted by Crippen LogP contribution is 2.45. The molecule has 0 amide bonds. The van der Waals surface area contributed by atoms with Crippen molar-refractivity contribution in [2.75, 3.05) is 36.5 Å². The molecule has 3 rings (SSSR count). The number of hydrogen-bond acceptors (Lipinski definition) is 9. The molecule has 34 heavy (non-hydrogen) atoms. The van der Waals surface area contributed by atoms with Gasteiger partial charge in [-0.15, -0.1) is 0 Å². The second kappa shape index (κ2) is 10.8. The third kappa shape index (κ3) is 7.53. The Labute approximate surface area is 207 Å². The van der Waals surface area contributed by atoms with Gasteiger partial charge >= 0.3 is 0 Å². The molecule has 1 aromatic heterocycles. The lowest BCUT2D eigenvalue weighted by molar-refractivity contribution is 0.0835. The molecule has 190 valence electrons. The number of rotatable bonds is 9. The minimum absolute atomic E-state index is 0.224. The lowest BCUT2D eigenvalue weighted by Gasteiger charge is -2.45. The van der Waals surface area contributed by atoms with Crippen LogP contribution in [0, 0.1) is 10.8 Å². The summed E-state index contributed by atoms with van der Waals surface area (Å²) in [7, 11) is -3.11. The highest BCUT2D eigenvalue weighted by atomic mass is 35.5. The van der Waals surface area contributed by atoms with Crippen LogP contribution < -0.4 is 16.0 Å². The topological polar surface area (TPSA) is 143 Å². The maximum atomic E-state index is 11.8. The van der Waals surface area contributed by atoms with Crippen molar-refractivity contribution in [2.24, 2.45) is 5.41 Å². The van der Waals surface area contributed by atoms with Gasteiger partial charge in [-0.05, 0) is 57.8 Å². The van der Waals surface area contributed by atoms with Crippen LogP contribution in [0.5, 0.6) is 0 Å². The van der Waals surface area contributed by atoms with Crippen molar-refractivity contribution in [2.45, 2.75) is 64.0 Å². The Morgan fingerprint density at radius 2 is 1.97 bits per heavy atom. The summed E-state index contributed by atoms with van der Waals surface area (Å²) in [6, 6.07) is 0.227. The van der Waals surface area contributed by atoms with Crippen molar-refractivity contribution in [3.8, 4) is 0 Å². The van der Waals surface area contributed by atoms with Crippen LogP contribution in [0.25, 0.3) is 0 Å². The van der Waals surface area contributed by atoms with Crippen molar-refractivity contribution >= 4 is 39.6 Å². The molecule has 10 nitrogen and oxygen atoms in total. The van der Waals surface area contributed by atoms with Gasteiger partial charge in [-0.2, -0.15) is 4.98 Å². The summed E-state index contributed by atoms with van der Waals surface area (Å²) in [5.41, 5.74) is -0.208. The number of allylic oxidation sites excluding steroid dienone is 1. The van der Waals surface area contributed by atoms with Crippen LogP contribution in [-0.4, -0.2) is 71.5 Å². The lowest BCUT2D eigenvalue weighted by atomic mass is 9.67. The molecule has 0 bridgehead atoms. The van der Waals surface area contributed by atoms with E-state index in [1.54, 1.807) is 24.4 Å². The first-order valence-electron chi connectivity index (χ1n) is 11.6. The Morgan fingerprint density at radius 1 is 1.32 bits per heavy atom. The van der Waals surface area contributed by atoms with Crippen LogP contribution in [-0.2, 0) is 10.0 Å². The lowest BCUT2D eigenvalue weighted by Crippen LogP contribution is -2.45. The van der Waals surface area contributed by atoms with Crippen LogP contribution in [0.3, 0.4) is 0 Å². The van der Waals surface area contributed by atoms with Crippen LogP contribution in [0.4, 0.5) is 11.8 Å². The van der Waals surface area contributed by atoms with Gasteiger partial charge in [-0.1, -0.05) is 11.6 Å². The van der Waals surface area contributed by atoms with Crippen LogP contribution >= 0.6 is 11.6 Å². The Morgan fingerprint density at radius 3 is 2.53 bits per heavy atom. The summed E-state index contributed by atoms with van der Waals surface area (Å²) in [5, 5.41) is 27.2. The second-order valence-corrected chi connectivity index (χ2v) is 12.4. The van der Waals surface area contributed by atoms with Gasteiger partial charge in [0, 0.05) is 38.1 Å². The van der Waals surface area contributed by atoms with Gasteiger partial charge in [0.25, 0.3) is 0 Å². The highest BCUT2D eigenvalue weighted by molar-refractivity contribution is 7.88. The van der Waals surface area contributed by atoms with Crippen molar-refractivity contribution in [3.05, 3.63) is 23.1 Å². The van der Waals surface area contributed by atoms with Crippen LogP contribution in [0.15, 0.2) is 18.1 Å². The van der Waals surface area contributed by atoms with Crippen LogP contribution in [0.2, 0.25) is 5.02 Å². The Kier molecular flexibility index (Phi) is 8.43. The summed E-state index contributed by atoms with van der Waals surface area (Å²) in [6.45, 7) is 4.93. The SMILES string of the molecule is CC(C)(O)CN/C=C(\C=N)Nc1ncc(Cl)c(NC2CCC3(CC2)CCN(S(C)(=O)=O)CC3)n1. The molecule has 1 aromatic rings. The van der Waals surface area contributed by atoms with E-state index in [4.69, 9.17) is 17.0 Å². The predicted octanol–water partition coefficient (Wildman–Crippen LogP) is 2.79. The van der Waals surface area contributed by atoms with Crippen molar-refractivity contribution < 1.29 is 13.5 Å². The van der Waals surface area contributed by atoms with E-state index in [0.29, 0.717) is 42.1 Å². The van der Waals surface area contributed by atoms with E-state index in [1.165, 1.54) is 12.5 Å². The fraction of sp³-hybridized carbons (Fsp3) is 0.682. The van der Waals surface area contributed by atoms with Gasteiger partial charge in [-0.3, -0.25) is 0 Å². The first-order valence-corrected chi connectivity index (χ1v) is 13.8. The minimum Gasteiger partial charge on any atom is -0.389 e. The zero-order valence-electron chi connectivity index (χ0n) is 20.1. The number of nitrogens with zero attached hydrogens (tertiary/aromatic N) is 3. The Bertz CT molecular complexity index is 992. The third-order valence-corrected chi connectivity index (χ3v) is 8.17. The van der Waals surface area contributed by atoms with E-state index in [-0.39, 0.29) is 11.5 Å². The summed E-state index contributed by atoms with van der Waals surface area (Å²) in [5.74, 6) is 0.855. The van der Waals surface area contributed by atoms with Gasteiger partial charge in [-0.25, -0.2) is 17.7 Å². The van der Waals surface area contributed by atoms with E-state index in [9.17, 15) is 13.5 Å². The van der Waals surface area contributed by atoms with E-state index in [0.717, 1.165) is 44.7 Å². The Hall–Kier alpha value is -1.95. The van der Waals surface area contributed by atoms with Gasteiger partial charge in [0.05, 0.1) is 23.8 Å². The summed E-state index contributed by atoms with van der Waals surface area (Å²) < 4.78 is 25.2. The highest BCUT2D eigenvalue weighted by Gasteiger charge is 2.39. The molecule has 2 heterocycles. The van der Waals surface area contributed by atoms with E-state index < -0.39 is 15.6 Å². The molecule has 0 aromatic carbocycles. The van der Waals surface area contributed by atoms with Gasteiger partial charge in [0.15, 0.2) is 5.82 Å².